The summed E-state index contributed by atoms with van der Waals surface area (Å²) in [5.74, 6) is 0. The smallest absolute Gasteiger partial charge is 0.0399 e. The number of hydrogen-bond acceptors (Lipinski definition) is 3. The lowest BCUT2D eigenvalue weighted by Gasteiger charge is -2.33. The maximum Gasteiger partial charge on any atom is 0.0399 e. The highest BCUT2D eigenvalue weighted by atomic mass is 79.9. The summed E-state index contributed by atoms with van der Waals surface area (Å²) < 4.78 is 1.24. The molecule has 0 spiro atoms. The Balaban J connectivity index is 1.84. The molecule has 1 aliphatic heterocycles. The van der Waals surface area contributed by atoms with Gasteiger partial charge in [-0.2, -0.15) is 0 Å². The highest BCUT2D eigenvalue weighted by molar-refractivity contribution is 9.10. The number of rotatable bonds is 4. The highest BCUT2D eigenvalue weighted by Gasteiger charge is 2.20. The molecule has 0 amide bonds. The van der Waals surface area contributed by atoms with E-state index in [9.17, 15) is 0 Å². The van der Waals surface area contributed by atoms with Gasteiger partial charge in [-0.05, 0) is 66.8 Å². The number of halogens is 1. The first kappa shape index (κ1) is 13.5. The van der Waals surface area contributed by atoms with Crippen LogP contribution in [-0.2, 0) is 0 Å². The first-order valence-electron chi connectivity index (χ1n) is 6.42. The Labute approximate surface area is 117 Å². The monoisotopic (exact) mass is 316 g/mol. The molecular formula is C13H21BrN2S. The molecule has 1 unspecified atom stereocenters. The molecule has 1 aromatic heterocycles. The molecule has 0 aliphatic carbocycles. The van der Waals surface area contributed by atoms with E-state index in [1.165, 1.54) is 41.8 Å². The highest BCUT2D eigenvalue weighted by Crippen LogP contribution is 2.29. The van der Waals surface area contributed by atoms with E-state index in [1.807, 2.05) is 11.3 Å². The summed E-state index contributed by atoms with van der Waals surface area (Å²) in [4.78, 5) is 3.95. The minimum absolute atomic E-state index is 0.461. The molecule has 0 saturated carbocycles. The average molecular weight is 317 g/mol. The average Bonchev–Trinajstić information content (AvgIpc) is 2.76. The Kier molecular flexibility index (Phi) is 5.03. The number of nitrogens with zero attached hydrogens (tertiary/aromatic N) is 1. The van der Waals surface area contributed by atoms with Gasteiger partial charge in [0, 0.05) is 21.4 Å². The Morgan fingerprint density at radius 2 is 2.24 bits per heavy atom. The standard InChI is InChI=1S/C13H21BrN2S/c1-3-16-7-4-11(5-8-16)15-10(2)13-12(14)6-9-17-13/h6,9-11,15H,3-5,7-8H2,1-2H3. The van der Waals surface area contributed by atoms with E-state index in [-0.39, 0.29) is 0 Å². The van der Waals surface area contributed by atoms with Crippen molar-refractivity contribution >= 4 is 27.3 Å². The quantitative estimate of drug-likeness (QED) is 0.912. The van der Waals surface area contributed by atoms with Crippen LogP contribution < -0.4 is 5.32 Å². The molecule has 96 valence electrons. The predicted molar refractivity (Wildman–Crippen MR) is 78.7 cm³/mol. The summed E-state index contributed by atoms with van der Waals surface area (Å²) in [5.41, 5.74) is 0. The third kappa shape index (κ3) is 3.53. The van der Waals surface area contributed by atoms with Gasteiger partial charge in [-0.3, -0.25) is 0 Å². The summed E-state index contributed by atoms with van der Waals surface area (Å²) >= 11 is 5.45. The Morgan fingerprint density at radius 1 is 1.53 bits per heavy atom. The molecule has 2 heterocycles. The number of nitrogens with one attached hydrogen (secondary N) is 1. The van der Waals surface area contributed by atoms with Crippen LogP contribution in [0.3, 0.4) is 0 Å². The van der Waals surface area contributed by atoms with Crippen LogP contribution in [0.4, 0.5) is 0 Å². The maximum atomic E-state index is 3.76. The van der Waals surface area contributed by atoms with Crippen LogP contribution in [0.25, 0.3) is 0 Å². The van der Waals surface area contributed by atoms with E-state index in [1.54, 1.807) is 0 Å². The fourth-order valence-electron chi connectivity index (χ4n) is 2.46. The van der Waals surface area contributed by atoms with E-state index in [2.05, 4.69) is 51.4 Å². The second kappa shape index (κ2) is 6.32. The van der Waals surface area contributed by atoms with E-state index >= 15 is 0 Å². The first-order chi connectivity index (χ1) is 8.20. The van der Waals surface area contributed by atoms with Crippen LogP contribution in [-0.4, -0.2) is 30.6 Å². The van der Waals surface area contributed by atoms with Gasteiger partial charge >= 0.3 is 0 Å². The van der Waals surface area contributed by atoms with Crippen molar-refractivity contribution in [3.05, 3.63) is 20.8 Å². The SMILES string of the molecule is CCN1CCC(NC(C)c2sccc2Br)CC1. The number of thiophene rings is 1. The number of likely N-dealkylation sites (tertiary alicyclic amines) is 1. The zero-order valence-corrected chi connectivity index (χ0v) is 13.0. The molecule has 1 atom stereocenters. The Bertz CT molecular complexity index is 345. The van der Waals surface area contributed by atoms with E-state index < -0.39 is 0 Å². The van der Waals surface area contributed by atoms with E-state index in [0.717, 1.165) is 0 Å². The zero-order valence-electron chi connectivity index (χ0n) is 10.6. The lowest BCUT2D eigenvalue weighted by Crippen LogP contribution is -2.43. The Morgan fingerprint density at radius 3 is 2.76 bits per heavy atom. The van der Waals surface area contributed by atoms with Gasteiger partial charge in [-0.15, -0.1) is 11.3 Å². The van der Waals surface area contributed by atoms with Gasteiger partial charge in [-0.25, -0.2) is 0 Å². The second-order valence-corrected chi connectivity index (χ2v) is 6.53. The number of hydrogen-bond donors (Lipinski definition) is 1. The topological polar surface area (TPSA) is 15.3 Å². The largest absolute Gasteiger partial charge is 0.307 e. The van der Waals surface area contributed by atoms with Crippen LogP contribution in [0.15, 0.2) is 15.9 Å². The van der Waals surface area contributed by atoms with E-state index in [4.69, 9.17) is 0 Å². The van der Waals surface area contributed by atoms with Crippen molar-refractivity contribution in [3.63, 3.8) is 0 Å². The molecular weight excluding hydrogens is 296 g/mol. The van der Waals surface area contributed by atoms with Crippen molar-refractivity contribution in [1.82, 2.24) is 10.2 Å². The lowest BCUT2D eigenvalue weighted by atomic mass is 10.0. The molecule has 1 fully saturated rings. The summed E-state index contributed by atoms with van der Waals surface area (Å²) in [6, 6.07) is 3.28. The first-order valence-corrected chi connectivity index (χ1v) is 8.09. The summed E-state index contributed by atoms with van der Waals surface area (Å²) in [5, 5.41) is 5.91. The van der Waals surface area contributed by atoms with Crippen LogP contribution in [0.2, 0.25) is 0 Å². The van der Waals surface area contributed by atoms with Crippen molar-refractivity contribution in [1.29, 1.82) is 0 Å². The Hall–Kier alpha value is 0.100. The van der Waals surface area contributed by atoms with Gasteiger partial charge in [0.1, 0.15) is 0 Å². The predicted octanol–water partition coefficient (Wildman–Crippen LogP) is 3.65. The molecule has 1 aliphatic rings. The molecule has 2 nitrogen and oxygen atoms in total. The second-order valence-electron chi connectivity index (χ2n) is 4.73. The van der Waals surface area contributed by atoms with Gasteiger partial charge in [0.2, 0.25) is 0 Å². The molecule has 4 heteroatoms. The van der Waals surface area contributed by atoms with Gasteiger partial charge in [0.25, 0.3) is 0 Å². The third-order valence-corrected chi connectivity index (χ3v) is 5.61. The molecule has 1 aromatic rings. The minimum atomic E-state index is 0.461. The van der Waals surface area contributed by atoms with Crippen molar-refractivity contribution in [2.45, 2.75) is 38.8 Å². The molecule has 2 rings (SSSR count). The van der Waals surface area contributed by atoms with Crippen LogP contribution in [0.5, 0.6) is 0 Å². The van der Waals surface area contributed by atoms with Crippen molar-refractivity contribution in [2.24, 2.45) is 0 Å². The zero-order chi connectivity index (χ0) is 12.3. The van der Waals surface area contributed by atoms with Crippen molar-refractivity contribution in [2.75, 3.05) is 19.6 Å². The summed E-state index contributed by atoms with van der Waals surface area (Å²) in [7, 11) is 0. The van der Waals surface area contributed by atoms with Crippen molar-refractivity contribution in [3.8, 4) is 0 Å². The summed E-state index contributed by atoms with van der Waals surface area (Å²) in [6.07, 6.45) is 2.56. The van der Waals surface area contributed by atoms with E-state index in [0.29, 0.717) is 12.1 Å². The van der Waals surface area contributed by atoms with Crippen LogP contribution in [0, 0.1) is 0 Å². The number of piperidine rings is 1. The molecule has 0 radical (unpaired) electrons. The fraction of sp³-hybridized carbons (Fsp3) is 0.692. The van der Waals surface area contributed by atoms with Gasteiger partial charge < -0.3 is 10.2 Å². The molecule has 1 saturated heterocycles. The van der Waals surface area contributed by atoms with Gasteiger partial charge in [0.15, 0.2) is 0 Å². The maximum absolute atomic E-state index is 3.76. The molecule has 1 N–H and O–H groups in total. The fourth-order valence-corrected chi connectivity index (χ4v) is 4.19. The van der Waals surface area contributed by atoms with Crippen LogP contribution >= 0.6 is 27.3 Å². The molecule has 0 bridgehead atoms. The van der Waals surface area contributed by atoms with Crippen molar-refractivity contribution < 1.29 is 0 Å². The lowest BCUT2D eigenvalue weighted by molar-refractivity contribution is 0.200. The normalized spacial score (nSPS) is 20.6. The van der Waals surface area contributed by atoms with Gasteiger partial charge in [-0.1, -0.05) is 6.92 Å². The summed E-state index contributed by atoms with van der Waals surface area (Å²) in [6.45, 7) is 8.19. The molecule has 0 aromatic carbocycles. The third-order valence-electron chi connectivity index (χ3n) is 3.56. The molecule has 17 heavy (non-hydrogen) atoms. The van der Waals surface area contributed by atoms with Gasteiger partial charge in [0.05, 0.1) is 0 Å². The van der Waals surface area contributed by atoms with Crippen LogP contribution in [0.1, 0.15) is 37.6 Å². The minimum Gasteiger partial charge on any atom is -0.307 e.